The van der Waals surface area contributed by atoms with Gasteiger partial charge in [0.2, 0.25) is 11.8 Å². The van der Waals surface area contributed by atoms with Crippen LogP contribution in [0.25, 0.3) is 22.2 Å². The third kappa shape index (κ3) is 4.31. The van der Waals surface area contributed by atoms with Crippen LogP contribution < -0.4 is 4.90 Å². The van der Waals surface area contributed by atoms with Crippen LogP contribution in [0.4, 0.5) is 5.69 Å². The number of benzene rings is 2. The van der Waals surface area contributed by atoms with Crippen molar-refractivity contribution >= 4 is 34.4 Å². The van der Waals surface area contributed by atoms with Crippen molar-refractivity contribution in [1.29, 1.82) is 0 Å². The van der Waals surface area contributed by atoms with Crippen molar-refractivity contribution in [1.82, 2.24) is 14.4 Å². The largest absolute Gasteiger partial charge is 0.465 e. The van der Waals surface area contributed by atoms with Crippen molar-refractivity contribution < 1.29 is 19.1 Å². The molecule has 8 heteroatoms. The zero-order valence-electron chi connectivity index (χ0n) is 23.0. The topological polar surface area (TPSA) is 75.1 Å². The number of carbonyl (C=O) groups is 3. The Balaban J connectivity index is 1.59. The standard InChI is InChI=1S/C31H36N4O4/c1-32(2)15-16-33-19-27(36)35-24-12-8-7-11-23(24)29-28(20-9-5-4-6-10-20)22-14-13-21(31(38)39-3)17-25(22)34(29)18-26(35)30(33)37/h7-8,11-14,17,20,26H,4-6,9-10,15-16,18-19H2,1-3H3. The molecule has 1 unspecified atom stereocenters. The first-order valence-electron chi connectivity index (χ1n) is 14.0. The summed E-state index contributed by atoms with van der Waals surface area (Å²) in [5, 5.41) is 1.12. The minimum absolute atomic E-state index is 0.0377. The summed E-state index contributed by atoms with van der Waals surface area (Å²) in [4.78, 5) is 45.7. The third-order valence-electron chi connectivity index (χ3n) is 8.63. The molecule has 1 saturated heterocycles. The van der Waals surface area contributed by atoms with Gasteiger partial charge in [0.15, 0.2) is 0 Å². The van der Waals surface area contributed by atoms with Crippen LogP contribution in [0.15, 0.2) is 42.5 Å². The number of hydrogen-bond donors (Lipinski definition) is 0. The van der Waals surface area contributed by atoms with Gasteiger partial charge in [0.05, 0.1) is 30.6 Å². The van der Waals surface area contributed by atoms with E-state index in [0.717, 1.165) is 40.7 Å². The number of nitrogens with zero attached hydrogens (tertiary/aromatic N) is 4. The van der Waals surface area contributed by atoms with Gasteiger partial charge in [-0.05, 0) is 56.6 Å². The van der Waals surface area contributed by atoms with Gasteiger partial charge in [0.25, 0.3) is 0 Å². The molecule has 0 spiro atoms. The van der Waals surface area contributed by atoms with Crippen molar-refractivity contribution in [3.8, 4) is 11.3 Å². The maximum Gasteiger partial charge on any atom is 0.337 e. The van der Waals surface area contributed by atoms with Crippen molar-refractivity contribution in [3.63, 3.8) is 0 Å². The van der Waals surface area contributed by atoms with Gasteiger partial charge in [-0.2, -0.15) is 0 Å². The first-order valence-corrected chi connectivity index (χ1v) is 14.0. The summed E-state index contributed by atoms with van der Waals surface area (Å²) < 4.78 is 7.25. The van der Waals surface area contributed by atoms with Crippen molar-refractivity contribution in [2.45, 2.75) is 50.6 Å². The molecule has 1 aliphatic carbocycles. The van der Waals surface area contributed by atoms with Gasteiger partial charge in [-0.25, -0.2) is 4.79 Å². The highest BCUT2D eigenvalue weighted by atomic mass is 16.5. The van der Waals surface area contributed by atoms with Crippen molar-refractivity contribution in [2.75, 3.05) is 45.7 Å². The normalized spacial score (nSPS) is 19.6. The van der Waals surface area contributed by atoms with Crippen LogP contribution in [0.5, 0.6) is 0 Å². The van der Waals surface area contributed by atoms with Crippen LogP contribution in [-0.2, 0) is 20.9 Å². The van der Waals surface area contributed by atoms with Crippen LogP contribution in [-0.4, -0.2) is 79.0 Å². The molecule has 2 amide bonds. The van der Waals surface area contributed by atoms with Crippen LogP contribution in [0.1, 0.15) is 53.9 Å². The molecule has 39 heavy (non-hydrogen) atoms. The molecule has 1 saturated carbocycles. The molecule has 2 aromatic carbocycles. The van der Waals surface area contributed by atoms with Gasteiger partial charge in [0.1, 0.15) is 12.6 Å². The van der Waals surface area contributed by atoms with E-state index in [1.807, 2.05) is 55.4 Å². The minimum Gasteiger partial charge on any atom is -0.465 e. The van der Waals surface area contributed by atoms with Crippen LogP contribution >= 0.6 is 0 Å². The number of likely N-dealkylation sites (N-methyl/N-ethyl adjacent to an activating group) is 1. The van der Waals surface area contributed by atoms with Crippen LogP contribution in [0.2, 0.25) is 0 Å². The molecular formula is C31H36N4O4. The number of rotatable bonds is 5. The second-order valence-corrected chi connectivity index (χ2v) is 11.3. The van der Waals surface area contributed by atoms with E-state index in [0.29, 0.717) is 31.1 Å². The summed E-state index contributed by atoms with van der Waals surface area (Å²) in [7, 11) is 5.32. The summed E-state index contributed by atoms with van der Waals surface area (Å²) >= 11 is 0. The average molecular weight is 529 g/mol. The second kappa shape index (κ2) is 10.2. The quantitative estimate of drug-likeness (QED) is 0.463. The molecule has 1 atom stereocenters. The third-order valence-corrected chi connectivity index (χ3v) is 8.63. The fraction of sp³-hybridized carbons (Fsp3) is 0.452. The molecule has 3 aromatic rings. The summed E-state index contributed by atoms with van der Waals surface area (Å²) in [6.07, 6.45) is 5.83. The number of methoxy groups -OCH3 is 1. The zero-order valence-corrected chi connectivity index (χ0v) is 23.0. The highest BCUT2D eigenvalue weighted by Crippen LogP contribution is 2.48. The summed E-state index contributed by atoms with van der Waals surface area (Å²) in [5.74, 6) is -0.103. The molecule has 0 radical (unpaired) electrons. The van der Waals surface area contributed by atoms with Gasteiger partial charge in [-0.15, -0.1) is 0 Å². The smallest absolute Gasteiger partial charge is 0.337 e. The number of amides is 2. The highest BCUT2D eigenvalue weighted by molar-refractivity contribution is 6.10. The number of piperazine rings is 1. The molecule has 0 N–H and O–H groups in total. The second-order valence-electron chi connectivity index (χ2n) is 11.3. The number of ether oxygens (including phenoxy) is 1. The highest BCUT2D eigenvalue weighted by Gasteiger charge is 2.44. The predicted octanol–water partition coefficient (Wildman–Crippen LogP) is 4.26. The molecule has 3 heterocycles. The molecule has 204 valence electrons. The lowest BCUT2D eigenvalue weighted by Gasteiger charge is -2.40. The van der Waals surface area contributed by atoms with Gasteiger partial charge >= 0.3 is 5.97 Å². The van der Waals surface area contributed by atoms with Gasteiger partial charge in [-0.3, -0.25) is 14.5 Å². The summed E-state index contributed by atoms with van der Waals surface area (Å²) in [6.45, 7) is 1.60. The maximum absolute atomic E-state index is 14.0. The van der Waals surface area contributed by atoms with E-state index in [9.17, 15) is 14.4 Å². The number of esters is 1. The average Bonchev–Trinajstić information content (AvgIpc) is 3.18. The molecule has 2 fully saturated rings. The van der Waals surface area contributed by atoms with Gasteiger partial charge < -0.3 is 19.1 Å². The van der Waals surface area contributed by atoms with Gasteiger partial charge in [-0.1, -0.05) is 43.5 Å². The SMILES string of the molecule is COC(=O)c1ccc2c(C3CCCCC3)c3n(c2c1)CC1C(=O)N(CCN(C)C)CC(=O)N1c1ccccc1-3. The lowest BCUT2D eigenvalue weighted by Crippen LogP contribution is -2.61. The zero-order chi connectivity index (χ0) is 27.3. The number of anilines is 1. The van der Waals surface area contributed by atoms with E-state index in [2.05, 4.69) is 10.6 Å². The van der Waals surface area contributed by atoms with E-state index >= 15 is 0 Å². The Bertz CT molecular complexity index is 1450. The fourth-order valence-electron chi connectivity index (χ4n) is 6.75. The Morgan fingerprint density at radius 1 is 1.05 bits per heavy atom. The molecular weight excluding hydrogens is 492 g/mol. The van der Waals surface area contributed by atoms with Gasteiger partial charge in [0, 0.05) is 29.6 Å². The maximum atomic E-state index is 14.0. The van der Waals surface area contributed by atoms with Crippen molar-refractivity contribution in [2.24, 2.45) is 0 Å². The first-order chi connectivity index (χ1) is 18.9. The molecule has 0 bridgehead atoms. The molecule has 3 aliphatic rings. The van der Waals surface area contributed by atoms with Crippen LogP contribution in [0, 0.1) is 0 Å². The lowest BCUT2D eigenvalue weighted by atomic mass is 9.81. The summed E-state index contributed by atoms with van der Waals surface area (Å²) in [5.41, 5.74) is 5.51. The van der Waals surface area contributed by atoms with E-state index < -0.39 is 6.04 Å². The van der Waals surface area contributed by atoms with Crippen molar-refractivity contribution in [3.05, 3.63) is 53.6 Å². The molecule has 6 rings (SSSR count). The number of para-hydroxylation sites is 1. The van der Waals surface area contributed by atoms with Crippen LogP contribution in [0.3, 0.4) is 0 Å². The van der Waals surface area contributed by atoms with E-state index in [4.69, 9.17) is 4.74 Å². The Morgan fingerprint density at radius 2 is 1.82 bits per heavy atom. The number of aromatic nitrogens is 1. The Morgan fingerprint density at radius 3 is 2.56 bits per heavy atom. The molecule has 2 aliphatic heterocycles. The summed E-state index contributed by atoms with van der Waals surface area (Å²) in [6, 6.07) is 13.1. The Labute approximate surface area is 229 Å². The molecule has 8 nitrogen and oxygen atoms in total. The minimum atomic E-state index is -0.660. The first kappa shape index (κ1) is 25.6. The lowest BCUT2D eigenvalue weighted by molar-refractivity contribution is -0.142. The Hall–Kier alpha value is -3.65. The van der Waals surface area contributed by atoms with E-state index in [-0.39, 0.29) is 24.3 Å². The predicted molar refractivity (Wildman–Crippen MR) is 151 cm³/mol. The van der Waals surface area contributed by atoms with E-state index in [1.54, 1.807) is 9.80 Å². The molecule has 1 aromatic heterocycles. The monoisotopic (exact) mass is 528 g/mol. The van der Waals surface area contributed by atoms with E-state index in [1.165, 1.54) is 31.9 Å². The number of carbonyl (C=O) groups excluding carboxylic acids is 3. The Kier molecular flexibility index (Phi) is 6.67. The fourth-order valence-corrected chi connectivity index (χ4v) is 6.75. The number of fused-ring (bicyclic) bond motifs is 7. The number of hydrogen-bond acceptors (Lipinski definition) is 5.